The maximum atomic E-state index is 12.7. The van der Waals surface area contributed by atoms with Gasteiger partial charge in [0.25, 0.3) is 5.91 Å². The van der Waals surface area contributed by atoms with Crippen molar-refractivity contribution >= 4 is 11.6 Å². The first kappa shape index (κ1) is 16.4. The van der Waals surface area contributed by atoms with Crippen LogP contribution in [0.15, 0.2) is 48.5 Å². The van der Waals surface area contributed by atoms with Gasteiger partial charge in [-0.3, -0.25) is 4.79 Å². The number of rotatable bonds is 5. The van der Waals surface area contributed by atoms with E-state index in [1.54, 1.807) is 0 Å². The molecule has 2 aromatic carbocycles. The SMILES string of the molecule is CCC(C)Oc1ccc(C2Nc3ccccc3C(=O)N2CC)cc1. The number of fused-ring (bicyclic) bond motifs is 1. The number of ether oxygens (including phenoxy) is 1. The van der Waals surface area contributed by atoms with Crippen molar-refractivity contribution in [1.82, 2.24) is 4.90 Å². The fraction of sp³-hybridized carbons (Fsp3) is 0.350. The minimum atomic E-state index is -0.157. The molecule has 4 heteroatoms. The summed E-state index contributed by atoms with van der Waals surface area (Å²) in [7, 11) is 0. The minimum absolute atomic E-state index is 0.0665. The molecule has 1 aliphatic heterocycles. The van der Waals surface area contributed by atoms with Crippen molar-refractivity contribution in [3.63, 3.8) is 0 Å². The van der Waals surface area contributed by atoms with Gasteiger partial charge >= 0.3 is 0 Å². The van der Waals surface area contributed by atoms with Gasteiger partial charge in [-0.1, -0.05) is 31.2 Å². The standard InChI is InChI=1S/C20H24N2O2/c1-4-14(3)24-16-12-10-15(11-13-16)19-21-18-9-7-6-8-17(18)20(23)22(19)5-2/h6-14,19,21H,4-5H2,1-3H3. The molecular formula is C20H24N2O2. The number of amides is 1. The average molecular weight is 324 g/mol. The summed E-state index contributed by atoms with van der Waals surface area (Å²) in [6, 6.07) is 15.7. The van der Waals surface area contributed by atoms with Crippen molar-refractivity contribution in [2.75, 3.05) is 11.9 Å². The highest BCUT2D eigenvalue weighted by atomic mass is 16.5. The first-order valence-electron chi connectivity index (χ1n) is 8.57. The Hall–Kier alpha value is -2.49. The van der Waals surface area contributed by atoms with Crippen LogP contribution in [0.1, 0.15) is 49.3 Å². The summed E-state index contributed by atoms with van der Waals surface area (Å²) in [6.45, 7) is 6.81. The van der Waals surface area contributed by atoms with E-state index in [0.717, 1.165) is 29.0 Å². The molecule has 0 saturated carbocycles. The van der Waals surface area contributed by atoms with Crippen LogP contribution in [0.3, 0.4) is 0 Å². The van der Waals surface area contributed by atoms with Crippen molar-refractivity contribution in [1.29, 1.82) is 0 Å². The molecule has 2 unspecified atom stereocenters. The fourth-order valence-electron chi connectivity index (χ4n) is 2.93. The monoisotopic (exact) mass is 324 g/mol. The number of nitrogens with one attached hydrogen (secondary N) is 1. The zero-order valence-corrected chi connectivity index (χ0v) is 14.5. The highest BCUT2D eigenvalue weighted by molar-refractivity contribution is 6.01. The Kier molecular flexibility index (Phi) is 4.74. The fourth-order valence-corrected chi connectivity index (χ4v) is 2.93. The topological polar surface area (TPSA) is 41.6 Å². The van der Waals surface area contributed by atoms with Gasteiger partial charge in [0.15, 0.2) is 0 Å². The van der Waals surface area contributed by atoms with Crippen molar-refractivity contribution in [3.05, 3.63) is 59.7 Å². The summed E-state index contributed by atoms with van der Waals surface area (Å²) >= 11 is 0. The number of nitrogens with zero attached hydrogens (tertiary/aromatic N) is 1. The third-order valence-corrected chi connectivity index (χ3v) is 4.47. The molecule has 1 amide bonds. The van der Waals surface area contributed by atoms with E-state index < -0.39 is 0 Å². The second-order valence-corrected chi connectivity index (χ2v) is 6.09. The molecule has 0 fully saturated rings. The molecule has 0 spiro atoms. The molecule has 0 aromatic heterocycles. The van der Waals surface area contributed by atoms with Gasteiger partial charge in [0.05, 0.1) is 11.7 Å². The van der Waals surface area contributed by atoms with Crippen LogP contribution in [0.5, 0.6) is 5.75 Å². The number of carbonyl (C=O) groups is 1. The molecular weight excluding hydrogens is 300 g/mol. The lowest BCUT2D eigenvalue weighted by Crippen LogP contribution is -2.42. The minimum Gasteiger partial charge on any atom is -0.491 e. The smallest absolute Gasteiger partial charge is 0.257 e. The van der Waals surface area contributed by atoms with Crippen molar-refractivity contribution in [2.24, 2.45) is 0 Å². The van der Waals surface area contributed by atoms with Crippen LogP contribution in [-0.2, 0) is 0 Å². The number of benzene rings is 2. The number of carbonyl (C=O) groups excluding carboxylic acids is 1. The molecule has 1 aliphatic rings. The predicted molar refractivity (Wildman–Crippen MR) is 96.3 cm³/mol. The Morgan fingerprint density at radius 3 is 2.50 bits per heavy atom. The van der Waals surface area contributed by atoms with Gasteiger partial charge in [-0.15, -0.1) is 0 Å². The van der Waals surface area contributed by atoms with E-state index in [2.05, 4.69) is 19.2 Å². The highest BCUT2D eigenvalue weighted by Gasteiger charge is 2.31. The molecule has 0 bridgehead atoms. The van der Waals surface area contributed by atoms with E-state index in [1.165, 1.54) is 0 Å². The van der Waals surface area contributed by atoms with Crippen LogP contribution in [0, 0.1) is 0 Å². The molecule has 2 atom stereocenters. The molecule has 4 nitrogen and oxygen atoms in total. The van der Waals surface area contributed by atoms with Gasteiger partial charge < -0.3 is 15.0 Å². The van der Waals surface area contributed by atoms with E-state index in [4.69, 9.17) is 4.74 Å². The van der Waals surface area contributed by atoms with Crippen LogP contribution in [0.4, 0.5) is 5.69 Å². The normalized spacial score (nSPS) is 17.9. The highest BCUT2D eigenvalue weighted by Crippen LogP contribution is 2.33. The number of hydrogen-bond acceptors (Lipinski definition) is 3. The summed E-state index contributed by atoms with van der Waals surface area (Å²) in [6.07, 6.45) is 1.01. The van der Waals surface area contributed by atoms with E-state index in [9.17, 15) is 4.79 Å². The van der Waals surface area contributed by atoms with Crippen LogP contribution in [0.2, 0.25) is 0 Å². The van der Waals surface area contributed by atoms with E-state index in [-0.39, 0.29) is 18.2 Å². The van der Waals surface area contributed by atoms with E-state index in [0.29, 0.717) is 6.54 Å². The van der Waals surface area contributed by atoms with Crippen LogP contribution >= 0.6 is 0 Å². The van der Waals surface area contributed by atoms with Gasteiger partial charge in [-0.05, 0) is 50.1 Å². The van der Waals surface area contributed by atoms with Gasteiger partial charge in [-0.25, -0.2) is 0 Å². The third-order valence-electron chi connectivity index (χ3n) is 4.47. The van der Waals surface area contributed by atoms with E-state index in [1.807, 2.05) is 60.4 Å². The summed E-state index contributed by atoms with van der Waals surface area (Å²) in [5.74, 6) is 0.926. The molecule has 24 heavy (non-hydrogen) atoms. The Balaban J connectivity index is 1.87. The van der Waals surface area contributed by atoms with Crippen LogP contribution in [-0.4, -0.2) is 23.5 Å². The van der Waals surface area contributed by atoms with Crippen molar-refractivity contribution in [2.45, 2.75) is 39.5 Å². The zero-order valence-electron chi connectivity index (χ0n) is 14.5. The Morgan fingerprint density at radius 2 is 1.83 bits per heavy atom. The predicted octanol–water partition coefficient (Wildman–Crippen LogP) is 4.45. The van der Waals surface area contributed by atoms with E-state index >= 15 is 0 Å². The lowest BCUT2D eigenvalue weighted by Gasteiger charge is -2.37. The van der Waals surface area contributed by atoms with Gasteiger partial charge in [-0.2, -0.15) is 0 Å². The summed E-state index contributed by atoms with van der Waals surface area (Å²) in [5.41, 5.74) is 2.67. The Morgan fingerprint density at radius 1 is 1.12 bits per heavy atom. The molecule has 0 radical (unpaired) electrons. The Bertz CT molecular complexity index is 712. The molecule has 0 aliphatic carbocycles. The van der Waals surface area contributed by atoms with Crippen LogP contribution in [0.25, 0.3) is 0 Å². The van der Waals surface area contributed by atoms with Gasteiger partial charge in [0, 0.05) is 12.2 Å². The maximum absolute atomic E-state index is 12.7. The zero-order chi connectivity index (χ0) is 17.1. The molecule has 0 saturated heterocycles. The summed E-state index contributed by atoms with van der Waals surface area (Å²) in [4.78, 5) is 14.6. The van der Waals surface area contributed by atoms with Crippen LogP contribution < -0.4 is 10.1 Å². The quantitative estimate of drug-likeness (QED) is 0.883. The average Bonchev–Trinajstić information content (AvgIpc) is 2.62. The molecule has 1 N–H and O–H groups in total. The third kappa shape index (κ3) is 3.09. The number of anilines is 1. The van der Waals surface area contributed by atoms with Crippen molar-refractivity contribution < 1.29 is 9.53 Å². The molecule has 3 rings (SSSR count). The number of hydrogen-bond donors (Lipinski definition) is 1. The Labute approximate surface area is 143 Å². The van der Waals surface area contributed by atoms with Crippen molar-refractivity contribution in [3.8, 4) is 5.75 Å². The second-order valence-electron chi connectivity index (χ2n) is 6.09. The first-order chi connectivity index (χ1) is 11.6. The molecule has 2 aromatic rings. The number of para-hydroxylation sites is 1. The molecule has 1 heterocycles. The largest absolute Gasteiger partial charge is 0.491 e. The first-order valence-corrected chi connectivity index (χ1v) is 8.57. The van der Waals surface area contributed by atoms with Gasteiger partial charge in [0.1, 0.15) is 11.9 Å². The summed E-state index contributed by atoms with van der Waals surface area (Å²) in [5, 5.41) is 3.48. The van der Waals surface area contributed by atoms with Gasteiger partial charge in [0.2, 0.25) is 0 Å². The second kappa shape index (κ2) is 6.95. The molecule has 126 valence electrons. The lowest BCUT2D eigenvalue weighted by atomic mass is 10.0. The maximum Gasteiger partial charge on any atom is 0.257 e. The summed E-state index contributed by atoms with van der Waals surface area (Å²) < 4.78 is 5.84. The lowest BCUT2D eigenvalue weighted by molar-refractivity contribution is 0.0695.